The molecule has 162 valence electrons. The molecule has 30 heavy (non-hydrogen) atoms. The van der Waals surface area contributed by atoms with Crippen molar-refractivity contribution in [3.8, 4) is 0 Å². The Labute approximate surface area is 188 Å². The molecule has 1 aromatic carbocycles. The number of amides is 1. The summed E-state index contributed by atoms with van der Waals surface area (Å²) in [5, 5.41) is 0. The summed E-state index contributed by atoms with van der Waals surface area (Å²) in [4.78, 5) is 19.7. The van der Waals surface area contributed by atoms with Gasteiger partial charge in [0.2, 0.25) is 0 Å². The van der Waals surface area contributed by atoms with Crippen LogP contribution >= 0.6 is 24.8 Å². The van der Waals surface area contributed by atoms with Crippen molar-refractivity contribution in [3.05, 3.63) is 41.0 Å². The summed E-state index contributed by atoms with van der Waals surface area (Å²) in [5.41, 5.74) is 17.7. The van der Waals surface area contributed by atoms with Crippen molar-refractivity contribution < 1.29 is 4.79 Å². The molecule has 1 fully saturated rings. The minimum atomic E-state index is -0.376. The maximum atomic E-state index is 12.4. The molecule has 0 bridgehead atoms. The van der Waals surface area contributed by atoms with Crippen LogP contribution in [-0.4, -0.2) is 34.9 Å². The topological polar surface area (TPSA) is 89.6 Å². The van der Waals surface area contributed by atoms with Gasteiger partial charge in [0, 0.05) is 13.1 Å². The number of fused-ring (bicyclic) bond motifs is 4. The molecule has 2 aliphatic rings. The first kappa shape index (κ1) is 22.7. The smallest absolute Gasteiger partial charge is 0.252 e. The number of primary amides is 1. The third kappa shape index (κ3) is 3.31. The SMILES string of the molecule is CC1(CN)CCN(c2c3c(c(C(N)=O)c4nc5ccccc5n24)CCC3)CC1.Cl.Cl. The van der Waals surface area contributed by atoms with E-state index in [4.69, 9.17) is 16.5 Å². The fraction of sp³-hybridized carbons (Fsp3) is 0.455. The number of hydrogen-bond donors (Lipinski definition) is 2. The highest BCUT2D eigenvalue weighted by Gasteiger charge is 2.34. The van der Waals surface area contributed by atoms with Crippen LogP contribution in [0.25, 0.3) is 16.7 Å². The fourth-order valence-corrected chi connectivity index (χ4v) is 5.00. The zero-order valence-corrected chi connectivity index (χ0v) is 18.8. The molecule has 3 aromatic rings. The molecule has 1 amide bonds. The Morgan fingerprint density at radius 2 is 1.80 bits per heavy atom. The standard InChI is InChI=1S/C22H27N5O.2ClH/c1-22(13-23)9-11-26(12-10-22)21-15-6-4-5-14(15)18(19(24)28)20-25-16-7-2-3-8-17(16)27(20)21;;/h2-3,7-8H,4-6,9-13,23H2,1H3,(H2,24,28);2*1H. The molecule has 1 aliphatic carbocycles. The van der Waals surface area contributed by atoms with Gasteiger partial charge in [-0.05, 0) is 67.3 Å². The van der Waals surface area contributed by atoms with Gasteiger partial charge in [0.15, 0.2) is 5.65 Å². The van der Waals surface area contributed by atoms with Crippen LogP contribution in [0.2, 0.25) is 0 Å². The minimum absolute atomic E-state index is 0. The Balaban J connectivity index is 0.00000128. The molecule has 4 N–H and O–H groups in total. The molecule has 0 atom stereocenters. The summed E-state index contributed by atoms with van der Waals surface area (Å²) in [7, 11) is 0. The highest BCUT2D eigenvalue weighted by molar-refractivity contribution is 6.03. The van der Waals surface area contributed by atoms with Crippen LogP contribution in [0.1, 0.15) is 47.7 Å². The number of imidazole rings is 1. The van der Waals surface area contributed by atoms with Gasteiger partial charge in [-0.15, -0.1) is 24.8 Å². The van der Waals surface area contributed by atoms with Crippen molar-refractivity contribution in [1.29, 1.82) is 0 Å². The summed E-state index contributed by atoms with van der Waals surface area (Å²) in [6.45, 7) is 4.95. The van der Waals surface area contributed by atoms with E-state index < -0.39 is 0 Å². The number of halogens is 2. The van der Waals surface area contributed by atoms with Gasteiger partial charge in [-0.25, -0.2) is 4.98 Å². The Morgan fingerprint density at radius 1 is 1.13 bits per heavy atom. The lowest BCUT2D eigenvalue weighted by atomic mass is 9.80. The number of anilines is 1. The second kappa shape index (κ2) is 8.25. The summed E-state index contributed by atoms with van der Waals surface area (Å²) < 4.78 is 2.19. The normalized spacial score (nSPS) is 17.5. The molecule has 0 spiro atoms. The average molecular weight is 450 g/mol. The van der Waals surface area contributed by atoms with Crippen molar-refractivity contribution >= 4 is 53.2 Å². The van der Waals surface area contributed by atoms with Gasteiger partial charge in [-0.3, -0.25) is 9.20 Å². The number of piperidine rings is 1. The molecular weight excluding hydrogens is 421 g/mol. The molecule has 1 saturated heterocycles. The van der Waals surface area contributed by atoms with E-state index in [1.165, 1.54) is 11.4 Å². The second-order valence-electron chi connectivity index (χ2n) is 8.63. The van der Waals surface area contributed by atoms with Crippen molar-refractivity contribution in [2.75, 3.05) is 24.5 Å². The van der Waals surface area contributed by atoms with Gasteiger partial charge < -0.3 is 16.4 Å². The van der Waals surface area contributed by atoms with E-state index in [0.29, 0.717) is 11.2 Å². The number of nitrogens with two attached hydrogens (primary N) is 2. The molecule has 1 aliphatic heterocycles. The van der Waals surface area contributed by atoms with Crippen LogP contribution in [0.15, 0.2) is 24.3 Å². The Bertz CT molecular complexity index is 1100. The molecule has 2 aromatic heterocycles. The van der Waals surface area contributed by atoms with Gasteiger partial charge in [-0.1, -0.05) is 19.1 Å². The fourth-order valence-electron chi connectivity index (χ4n) is 5.00. The van der Waals surface area contributed by atoms with Crippen molar-refractivity contribution in [1.82, 2.24) is 9.38 Å². The molecular formula is C22H29Cl2N5O. The Hall–Kier alpha value is -2.02. The quantitative estimate of drug-likeness (QED) is 0.640. The van der Waals surface area contributed by atoms with E-state index in [9.17, 15) is 4.79 Å². The van der Waals surface area contributed by atoms with E-state index in [1.807, 2.05) is 18.2 Å². The number of para-hydroxylation sites is 2. The van der Waals surface area contributed by atoms with E-state index in [-0.39, 0.29) is 36.1 Å². The van der Waals surface area contributed by atoms with Crippen LogP contribution in [0.4, 0.5) is 5.82 Å². The highest BCUT2D eigenvalue weighted by Crippen LogP contribution is 2.40. The van der Waals surface area contributed by atoms with Crippen LogP contribution in [-0.2, 0) is 12.8 Å². The second-order valence-corrected chi connectivity index (χ2v) is 8.63. The monoisotopic (exact) mass is 449 g/mol. The largest absolute Gasteiger partial charge is 0.365 e. The van der Waals surface area contributed by atoms with Crippen molar-refractivity contribution in [2.24, 2.45) is 16.9 Å². The zero-order chi connectivity index (χ0) is 19.5. The Morgan fingerprint density at radius 3 is 2.47 bits per heavy atom. The number of pyridine rings is 1. The van der Waals surface area contributed by atoms with Crippen molar-refractivity contribution in [2.45, 2.75) is 39.0 Å². The van der Waals surface area contributed by atoms with Gasteiger partial charge in [-0.2, -0.15) is 0 Å². The maximum absolute atomic E-state index is 12.4. The third-order valence-electron chi connectivity index (χ3n) is 6.80. The maximum Gasteiger partial charge on any atom is 0.252 e. The summed E-state index contributed by atoms with van der Waals surface area (Å²) in [5.74, 6) is 0.833. The van der Waals surface area contributed by atoms with Crippen molar-refractivity contribution in [3.63, 3.8) is 0 Å². The number of aromatic nitrogens is 2. The lowest BCUT2D eigenvalue weighted by molar-refractivity contribution is 0.100. The molecule has 6 nitrogen and oxygen atoms in total. The van der Waals surface area contributed by atoms with Gasteiger partial charge in [0.25, 0.3) is 5.91 Å². The average Bonchev–Trinajstić information content (AvgIpc) is 3.31. The summed E-state index contributed by atoms with van der Waals surface area (Å²) >= 11 is 0. The van der Waals surface area contributed by atoms with Crippen LogP contribution in [0.3, 0.4) is 0 Å². The lowest BCUT2D eigenvalue weighted by Crippen LogP contribution is -2.43. The van der Waals surface area contributed by atoms with E-state index in [0.717, 1.165) is 68.3 Å². The molecule has 8 heteroatoms. The number of benzene rings is 1. The highest BCUT2D eigenvalue weighted by atomic mass is 35.5. The predicted octanol–water partition coefficient (Wildman–Crippen LogP) is 3.48. The first-order valence-corrected chi connectivity index (χ1v) is 10.2. The van der Waals surface area contributed by atoms with Crippen LogP contribution in [0, 0.1) is 5.41 Å². The molecule has 0 saturated carbocycles. The number of hydrogen-bond acceptors (Lipinski definition) is 4. The predicted molar refractivity (Wildman–Crippen MR) is 126 cm³/mol. The van der Waals surface area contributed by atoms with E-state index >= 15 is 0 Å². The zero-order valence-electron chi connectivity index (χ0n) is 17.2. The molecule has 5 rings (SSSR count). The number of carbonyl (C=O) groups excluding carboxylic acids is 1. The number of nitrogens with zero attached hydrogens (tertiary/aromatic N) is 3. The first-order valence-electron chi connectivity index (χ1n) is 10.2. The molecule has 0 radical (unpaired) electrons. The lowest BCUT2D eigenvalue weighted by Gasteiger charge is -2.40. The van der Waals surface area contributed by atoms with E-state index in [1.54, 1.807) is 0 Å². The Kier molecular flexibility index (Phi) is 6.23. The number of carbonyl (C=O) groups is 1. The van der Waals surface area contributed by atoms with E-state index in [2.05, 4.69) is 22.3 Å². The van der Waals surface area contributed by atoms with Gasteiger partial charge in [0.1, 0.15) is 5.82 Å². The summed E-state index contributed by atoms with van der Waals surface area (Å²) in [6.07, 6.45) is 5.09. The minimum Gasteiger partial charge on any atom is -0.365 e. The third-order valence-corrected chi connectivity index (χ3v) is 6.80. The van der Waals surface area contributed by atoms with Gasteiger partial charge in [0.05, 0.1) is 16.6 Å². The number of rotatable bonds is 3. The first-order chi connectivity index (χ1) is 13.5. The van der Waals surface area contributed by atoms with Crippen LogP contribution in [0.5, 0.6) is 0 Å². The molecule has 3 heterocycles. The summed E-state index contributed by atoms with van der Waals surface area (Å²) in [6, 6.07) is 8.10. The van der Waals surface area contributed by atoms with Gasteiger partial charge >= 0.3 is 0 Å². The van der Waals surface area contributed by atoms with Crippen LogP contribution < -0.4 is 16.4 Å². The molecule has 0 unspecified atom stereocenters.